The second-order valence-electron chi connectivity index (χ2n) is 14.3. The van der Waals surface area contributed by atoms with Crippen molar-refractivity contribution < 1.29 is 9.47 Å². The predicted molar refractivity (Wildman–Crippen MR) is 195 cm³/mol. The molecule has 0 saturated heterocycles. The van der Waals surface area contributed by atoms with Crippen LogP contribution in [0.15, 0.2) is 42.5 Å². The molecule has 0 aliphatic carbocycles. The highest BCUT2D eigenvalue weighted by Gasteiger charge is 2.20. The van der Waals surface area contributed by atoms with Crippen molar-refractivity contribution in [3.05, 3.63) is 48.0 Å². The van der Waals surface area contributed by atoms with Gasteiger partial charge in [-0.15, -0.1) is 0 Å². The number of rotatable bonds is 24. The van der Waals surface area contributed by atoms with Gasteiger partial charge in [-0.25, -0.2) is 0 Å². The topological polar surface area (TPSA) is 18.5 Å². The first kappa shape index (κ1) is 36.3. The molecule has 3 aromatic rings. The molecule has 0 bridgehead atoms. The summed E-state index contributed by atoms with van der Waals surface area (Å²) in [4.78, 5) is 0. The fraction of sp³-hybridized carbons (Fsp3) is 0.667. The number of fused-ring (bicyclic) bond motifs is 2. The van der Waals surface area contributed by atoms with Gasteiger partial charge in [-0.3, -0.25) is 0 Å². The predicted octanol–water partition coefficient (Wildman–Crippen LogP) is 13.9. The molecule has 0 unspecified atom stereocenters. The number of hydrogen-bond acceptors (Lipinski definition) is 2. The average molecular weight is 603 g/mol. The molecule has 0 atom stereocenters. The molecular formula is C42H66O2. The summed E-state index contributed by atoms with van der Waals surface area (Å²) in [6, 6.07) is 15.6. The van der Waals surface area contributed by atoms with E-state index >= 15 is 0 Å². The quantitative estimate of drug-likeness (QED) is 0.0750. The molecule has 0 spiro atoms. The summed E-state index contributed by atoms with van der Waals surface area (Å²) in [5.74, 6) is 2.06. The van der Waals surface area contributed by atoms with Crippen LogP contribution in [-0.2, 0) is 5.41 Å². The minimum absolute atomic E-state index is 0.0741. The Balaban J connectivity index is 1.62. The van der Waals surface area contributed by atoms with E-state index in [1.165, 1.54) is 143 Å². The van der Waals surface area contributed by atoms with Crippen LogP contribution < -0.4 is 9.47 Å². The second kappa shape index (κ2) is 20.7. The normalized spacial score (nSPS) is 11.9. The highest BCUT2D eigenvalue weighted by molar-refractivity contribution is 6.11. The third-order valence-electron chi connectivity index (χ3n) is 9.28. The summed E-state index contributed by atoms with van der Waals surface area (Å²) in [6.07, 6.45) is 26.7. The molecule has 0 aliphatic rings. The number of ether oxygens (including phenoxy) is 2. The Morgan fingerprint density at radius 2 is 0.795 bits per heavy atom. The van der Waals surface area contributed by atoms with Gasteiger partial charge in [-0.1, -0.05) is 187 Å². The Morgan fingerprint density at radius 1 is 0.432 bits per heavy atom. The van der Waals surface area contributed by atoms with Crippen molar-refractivity contribution in [1.82, 2.24) is 0 Å². The van der Waals surface area contributed by atoms with Gasteiger partial charge >= 0.3 is 0 Å². The first-order chi connectivity index (χ1) is 21.5. The van der Waals surface area contributed by atoms with Crippen LogP contribution in [0.5, 0.6) is 11.5 Å². The molecule has 246 valence electrons. The standard InChI is InChI=1S/C42H66O2/c1-6-8-10-12-14-16-18-20-22-26-32-43-40-36-28-24-25-29-37(36)41(39-34-35(42(3,4)5)30-31-38(39)40)44-33-27-23-21-19-17-15-13-11-9-7-2/h24-25,28-31,34H,6-23,26-27,32-33H2,1-5H3. The zero-order valence-corrected chi connectivity index (χ0v) is 29.4. The van der Waals surface area contributed by atoms with Gasteiger partial charge in [0.05, 0.1) is 13.2 Å². The van der Waals surface area contributed by atoms with Crippen molar-refractivity contribution in [2.45, 2.75) is 168 Å². The van der Waals surface area contributed by atoms with Crippen molar-refractivity contribution >= 4 is 21.5 Å². The van der Waals surface area contributed by atoms with Gasteiger partial charge in [0.25, 0.3) is 0 Å². The lowest BCUT2D eigenvalue weighted by molar-refractivity contribution is 0.306. The van der Waals surface area contributed by atoms with E-state index in [-0.39, 0.29) is 5.41 Å². The molecule has 0 aliphatic heterocycles. The summed E-state index contributed by atoms with van der Waals surface area (Å²) in [6.45, 7) is 13.0. The van der Waals surface area contributed by atoms with E-state index in [0.717, 1.165) is 37.6 Å². The highest BCUT2D eigenvalue weighted by atomic mass is 16.5. The van der Waals surface area contributed by atoms with Crippen LogP contribution in [0, 0.1) is 0 Å². The fourth-order valence-corrected chi connectivity index (χ4v) is 6.40. The van der Waals surface area contributed by atoms with E-state index in [1.54, 1.807) is 0 Å². The Kier molecular flexibility index (Phi) is 17.1. The summed E-state index contributed by atoms with van der Waals surface area (Å²) < 4.78 is 13.3. The summed E-state index contributed by atoms with van der Waals surface area (Å²) in [5.41, 5.74) is 1.41. The van der Waals surface area contributed by atoms with Crippen LogP contribution >= 0.6 is 0 Å². The lowest BCUT2D eigenvalue weighted by atomic mass is 9.85. The van der Waals surface area contributed by atoms with Crippen LogP contribution in [0.2, 0.25) is 0 Å². The van der Waals surface area contributed by atoms with Crippen LogP contribution in [0.4, 0.5) is 0 Å². The fourth-order valence-electron chi connectivity index (χ4n) is 6.40. The first-order valence-corrected chi connectivity index (χ1v) is 18.7. The lowest BCUT2D eigenvalue weighted by Crippen LogP contribution is -2.11. The number of hydrogen-bond donors (Lipinski definition) is 0. The van der Waals surface area contributed by atoms with Crippen LogP contribution in [0.3, 0.4) is 0 Å². The molecule has 2 nitrogen and oxygen atoms in total. The summed E-state index contributed by atoms with van der Waals surface area (Å²) in [7, 11) is 0. The third-order valence-corrected chi connectivity index (χ3v) is 9.28. The van der Waals surface area contributed by atoms with E-state index in [2.05, 4.69) is 77.1 Å². The van der Waals surface area contributed by atoms with Gasteiger partial charge in [-0.2, -0.15) is 0 Å². The zero-order chi connectivity index (χ0) is 31.5. The number of benzene rings is 3. The van der Waals surface area contributed by atoms with Crippen LogP contribution in [0.25, 0.3) is 21.5 Å². The van der Waals surface area contributed by atoms with Crippen LogP contribution in [-0.4, -0.2) is 13.2 Å². The minimum Gasteiger partial charge on any atom is -0.492 e. The molecule has 0 fully saturated rings. The second-order valence-corrected chi connectivity index (χ2v) is 14.3. The molecule has 3 rings (SSSR count). The molecule has 0 amide bonds. The van der Waals surface area contributed by atoms with Crippen molar-refractivity contribution in [2.75, 3.05) is 13.2 Å². The Labute approximate surface area is 271 Å². The third kappa shape index (κ3) is 12.3. The Bertz CT molecular complexity index is 1190. The SMILES string of the molecule is CCCCCCCCCCCCOc1c2ccccc2c(OCCCCCCCCCCCC)c2cc(C(C)(C)C)ccc12. The molecule has 0 heterocycles. The molecule has 3 aromatic carbocycles. The van der Waals surface area contributed by atoms with E-state index < -0.39 is 0 Å². The van der Waals surface area contributed by atoms with Gasteiger partial charge < -0.3 is 9.47 Å². The minimum atomic E-state index is 0.0741. The van der Waals surface area contributed by atoms with Crippen LogP contribution in [0.1, 0.15) is 169 Å². The maximum Gasteiger partial charge on any atom is 0.135 e. The maximum absolute atomic E-state index is 6.68. The Hall–Kier alpha value is -2.22. The van der Waals surface area contributed by atoms with E-state index in [9.17, 15) is 0 Å². The van der Waals surface area contributed by atoms with Gasteiger partial charge in [0.15, 0.2) is 0 Å². The van der Waals surface area contributed by atoms with E-state index in [1.807, 2.05) is 0 Å². The molecule has 44 heavy (non-hydrogen) atoms. The molecule has 0 aromatic heterocycles. The van der Waals surface area contributed by atoms with E-state index in [4.69, 9.17) is 9.47 Å². The molecule has 0 saturated carbocycles. The highest BCUT2D eigenvalue weighted by Crippen LogP contribution is 2.44. The van der Waals surface area contributed by atoms with Crippen molar-refractivity contribution in [3.8, 4) is 11.5 Å². The Morgan fingerprint density at radius 3 is 1.20 bits per heavy atom. The molecule has 2 heteroatoms. The van der Waals surface area contributed by atoms with E-state index in [0.29, 0.717) is 0 Å². The molecule has 0 N–H and O–H groups in total. The van der Waals surface area contributed by atoms with Gasteiger partial charge in [0, 0.05) is 21.5 Å². The largest absolute Gasteiger partial charge is 0.492 e. The smallest absolute Gasteiger partial charge is 0.135 e. The lowest BCUT2D eigenvalue weighted by Gasteiger charge is -2.22. The zero-order valence-electron chi connectivity index (χ0n) is 29.4. The van der Waals surface area contributed by atoms with Crippen molar-refractivity contribution in [3.63, 3.8) is 0 Å². The monoisotopic (exact) mass is 603 g/mol. The maximum atomic E-state index is 6.68. The van der Waals surface area contributed by atoms with Crippen molar-refractivity contribution in [2.24, 2.45) is 0 Å². The molecule has 0 radical (unpaired) electrons. The number of unbranched alkanes of at least 4 members (excludes halogenated alkanes) is 18. The molecular weight excluding hydrogens is 536 g/mol. The van der Waals surface area contributed by atoms with Gasteiger partial charge in [0.1, 0.15) is 11.5 Å². The average Bonchev–Trinajstić information content (AvgIpc) is 3.02. The van der Waals surface area contributed by atoms with Crippen molar-refractivity contribution in [1.29, 1.82) is 0 Å². The van der Waals surface area contributed by atoms with Gasteiger partial charge in [0.2, 0.25) is 0 Å². The first-order valence-electron chi connectivity index (χ1n) is 18.7. The van der Waals surface area contributed by atoms with Gasteiger partial charge in [-0.05, 0) is 29.9 Å². The summed E-state index contributed by atoms with van der Waals surface area (Å²) >= 11 is 0. The summed E-state index contributed by atoms with van der Waals surface area (Å²) in [5, 5.41) is 4.73.